The van der Waals surface area contributed by atoms with Crippen LogP contribution in [0.1, 0.15) is 18.4 Å². The van der Waals surface area contributed by atoms with Gasteiger partial charge in [-0.25, -0.2) is 9.37 Å². The summed E-state index contributed by atoms with van der Waals surface area (Å²) >= 11 is 0. The average molecular weight is 364 g/mol. The zero-order chi connectivity index (χ0) is 18.6. The van der Waals surface area contributed by atoms with Crippen LogP contribution < -0.4 is 11.1 Å². The van der Waals surface area contributed by atoms with Crippen LogP contribution >= 0.6 is 0 Å². The number of halogens is 1. The van der Waals surface area contributed by atoms with Gasteiger partial charge in [0, 0.05) is 24.6 Å². The van der Waals surface area contributed by atoms with Crippen molar-refractivity contribution in [3.63, 3.8) is 0 Å². The number of rotatable bonds is 5. The molecule has 7 heteroatoms. The number of hydrogen-bond acceptors (Lipinski definition) is 6. The third kappa shape index (κ3) is 4.20. The van der Waals surface area contributed by atoms with Gasteiger partial charge in [0.05, 0.1) is 11.3 Å². The van der Waals surface area contributed by atoms with E-state index in [4.69, 9.17) is 5.73 Å². The van der Waals surface area contributed by atoms with E-state index in [2.05, 4.69) is 31.2 Å². The van der Waals surface area contributed by atoms with Gasteiger partial charge in [-0.15, -0.1) is 0 Å². The summed E-state index contributed by atoms with van der Waals surface area (Å²) in [7, 11) is 0. The summed E-state index contributed by atoms with van der Waals surface area (Å²) in [5.41, 5.74) is 9.41. The topological polar surface area (TPSA) is 80.0 Å². The van der Waals surface area contributed by atoms with Crippen molar-refractivity contribution in [3.8, 4) is 11.3 Å². The van der Waals surface area contributed by atoms with E-state index in [9.17, 15) is 4.39 Å². The summed E-state index contributed by atoms with van der Waals surface area (Å²) in [4.78, 5) is 15.5. The summed E-state index contributed by atoms with van der Waals surface area (Å²) in [6.07, 6.45) is 6.09. The van der Waals surface area contributed by atoms with Crippen molar-refractivity contribution >= 4 is 17.5 Å². The van der Waals surface area contributed by atoms with Gasteiger partial charge in [-0.3, -0.25) is 9.88 Å². The molecule has 0 aliphatic carbocycles. The monoisotopic (exact) mass is 364 g/mol. The van der Waals surface area contributed by atoms with Gasteiger partial charge in [0.15, 0.2) is 0 Å². The van der Waals surface area contributed by atoms with Gasteiger partial charge >= 0.3 is 0 Å². The summed E-state index contributed by atoms with van der Waals surface area (Å²) in [5, 5.41) is 3.01. The van der Waals surface area contributed by atoms with Crippen LogP contribution in [0.25, 0.3) is 11.3 Å². The smallest absolute Gasteiger partial charge is 0.229 e. The molecular weight excluding hydrogens is 343 g/mol. The Kier molecular flexibility index (Phi) is 4.93. The second-order valence-corrected chi connectivity index (χ2v) is 6.66. The molecule has 1 saturated heterocycles. The predicted molar refractivity (Wildman–Crippen MR) is 104 cm³/mol. The first-order chi connectivity index (χ1) is 13.2. The number of nitrogens with one attached hydrogen (secondary N) is 1. The quantitative estimate of drug-likeness (QED) is 0.720. The van der Waals surface area contributed by atoms with Crippen LogP contribution in [0.4, 0.5) is 21.8 Å². The Morgan fingerprint density at radius 2 is 1.78 bits per heavy atom. The first-order valence-electron chi connectivity index (χ1n) is 9.00. The second-order valence-electron chi connectivity index (χ2n) is 6.66. The number of aromatic nitrogens is 3. The SMILES string of the molecule is Nc1nc(Nc2ccc(F)cc2)ncc1-c1ccc(CN2CCCC2)cn1. The van der Waals surface area contributed by atoms with Gasteiger partial charge in [0.2, 0.25) is 5.95 Å². The van der Waals surface area contributed by atoms with Crippen LogP contribution in [-0.4, -0.2) is 32.9 Å². The average Bonchev–Trinajstić information content (AvgIpc) is 3.18. The van der Waals surface area contributed by atoms with E-state index in [0.29, 0.717) is 23.0 Å². The van der Waals surface area contributed by atoms with Crippen molar-refractivity contribution in [2.24, 2.45) is 0 Å². The fourth-order valence-corrected chi connectivity index (χ4v) is 3.19. The van der Waals surface area contributed by atoms with E-state index in [1.54, 1.807) is 18.3 Å². The minimum absolute atomic E-state index is 0.296. The molecular formula is C20H21FN6. The molecule has 3 N–H and O–H groups in total. The highest BCUT2D eigenvalue weighted by Gasteiger charge is 2.13. The number of anilines is 3. The van der Waals surface area contributed by atoms with Crippen molar-refractivity contribution in [2.45, 2.75) is 19.4 Å². The molecule has 6 nitrogen and oxygen atoms in total. The van der Waals surface area contributed by atoms with Crippen LogP contribution in [0.3, 0.4) is 0 Å². The van der Waals surface area contributed by atoms with Gasteiger partial charge in [-0.05, 0) is 61.8 Å². The maximum absolute atomic E-state index is 13.0. The zero-order valence-corrected chi connectivity index (χ0v) is 14.9. The fourth-order valence-electron chi connectivity index (χ4n) is 3.19. The van der Waals surface area contributed by atoms with E-state index in [1.165, 1.54) is 30.5 Å². The number of likely N-dealkylation sites (tertiary alicyclic amines) is 1. The molecule has 1 fully saturated rings. The highest BCUT2D eigenvalue weighted by atomic mass is 19.1. The van der Waals surface area contributed by atoms with Crippen LogP contribution in [0.2, 0.25) is 0 Å². The van der Waals surface area contributed by atoms with E-state index >= 15 is 0 Å². The number of nitrogens with zero attached hydrogens (tertiary/aromatic N) is 4. The third-order valence-corrected chi connectivity index (χ3v) is 4.62. The first-order valence-corrected chi connectivity index (χ1v) is 9.00. The molecule has 27 heavy (non-hydrogen) atoms. The molecule has 1 aromatic carbocycles. The molecule has 3 aromatic rings. The molecule has 1 aliphatic heterocycles. The summed E-state index contributed by atoms with van der Waals surface area (Å²) in [6.45, 7) is 3.25. The molecule has 0 amide bonds. The highest BCUT2D eigenvalue weighted by Crippen LogP contribution is 2.24. The Hall–Kier alpha value is -3.06. The normalized spacial score (nSPS) is 14.4. The van der Waals surface area contributed by atoms with Crippen LogP contribution in [0, 0.1) is 5.82 Å². The van der Waals surface area contributed by atoms with Crippen molar-refractivity contribution in [1.29, 1.82) is 0 Å². The van der Waals surface area contributed by atoms with Gasteiger partial charge in [0.25, 0.3) is 0 Å². The van der Waals surface area contributed by atoms with Crippen LogP contribution in [0.15, 0.2) is 48.8 Å². The van der Waals surface area contributed by atoms with Crippen LogP contribution in [0.5, 0.6) is 0 Å². The standard InChI is InChI=1S/C20H21FN6/c21-15-4-6-16(7-5-15)25-20-24-12-17(19(22)26-20)18-8-3-14(11-23-18)13-27-9-1-2-10-27/h3-8,11-12H,1-2,9-10,13H2,(H3,22,24,25,26). The Morgan fingerprint density at radius 3 is 2.44 bits per heavy atom. The van der Waals surface area contributed by atoms with Crippen molar-refractivity contribution in [1.82, 2.24) is 19.9 Å². The summed E-state index contributed by atoms with van der Waals surface area (Å²) in [5.74, 6) is 0.401. The van der Waals surface area contributed by atoms with E-state index in [0.717, 1.165) is 25.3 Å². The predicted octanol–water partition coefficient (Wildman–Crippen LogP) is 3.60. The zero-order valence-electron chi connectivity index (χ0n) is 14.9. The fraction of sp³-hybridized carbons (Fsp3) is 0.250. The lowest BCUT2D eigenvalue weighted by Gasteiger charge is -2.14. The van der Waals surface area contributed by atoms with E-state index in [1.807, 2.05) is 12.3 Å². The lowest BCUT2D eigenvalue weighted by molar-refractivity contribution is 0.331. The Balaban J connectivity index is 1.47. The van der Waals surface area contributed by atoms with Crippen molar-refractivity contribution < 1.29 is 4.39 Å². The van der Waals surface area contributed by atoms with Gasteiger partial charge in [-0.1, -0.05) is 6.07 Å². The Morgan fingerprint density at radius 1 is 1.00 bits per heavy atom. The van der Waals surface area contributed by atoms with E-state index in [-0.39, 0.29) is 5.82 Å². The number of pyridine rings is 1. The molecule has 0 bridgehead atoms. The molecule has 0 spiro atoms. The Labute approximate surface area is 157 Å². The molecule has 138 valence electrons. The van der Waals surface area contributed by atoms with Crippen molar-refractivity contribution in [2.75, 3.05) is 24.1 Å². The highest BCUT2D eigenvalue weighted by molar-refractivity contribution is 5.71. The Bertz CT molecular complexity index is 905. The van der Waals surface area contributed by atoms with Gasteiger partial charge in [0.1, 0.15) is 11.6 Å². The maximum atomic E-state index is 13.0. The van der Waals surface area contributed by atoms with Gasteiger partial charge in [-0.2, -0.15) is 4.98 Å². The lowest BCUT2D eigenvalue weighted by Crippen LogP contribution is -2.18. The molecule has 2 aromatic heterocycles. The lowest BCUT2D eigenvalue weighted by atomic mass is 10.1. The molecule has 0 saturated carbocycles. The second kappa shape index (κ2) is 7.67. The third-order valence-electron chi connectivity index (χ3n) is 4.62. The van der Waals surface area contributed by atoms with E-state index < -0.39 is 0 Å². The molecule has 0 radical (unpaired) electrons. The number of nitrogen functional groups attached to an aromatic ring is 1. The molecule has 4 rings (SSSR count). The molecule has 0 atom stereocenters. The molecule has 0 unspecified atom stereocenters. The number of nitrogens with two attached hydrogens (primary N) is 1. The maximum Gasteiger partial charge on any atom is 0.229 e. The first kappa shape index (κ1) is 17.4. The largest absolute Gasteiger partial charge is 0.383 e. The molecule has 1 aliphatic rings. The minimum Gasteiger partial charge on any atom is -0.383 e. The van der Waals surface area contributed by atoms with Gasteiger partial charge < -0.3 is 11.1 Å². The summed E-state index contributed by atoms with van der Waals surface area (Å²) in [6, 6.07) is 9.99. The van der Waals surface area contributed by atoms with Crippen LogP contribution in [-0.2, 0) is 6.54 Å². The number of benzene rings is 1. The molecule has 3 heterocycles. The summed E-state index contributed by atoms with van der Waals surface area (Å²) < 4.78 is 13.0. The van der Waals surface area contributed by atoms with Crippen molar-refractivity contribution in [3.05, 3.63) is 60.2 Å². The minimum atomic E-state index is -0.296. The number of hydrogen-bond donors (Lipinski definition) is 2.